The van der Waals surface area contributed by atoms with E-state index in [4.69, 9.17) is 24.8 Å². The monoisotopic (exact) mass is 391 g/mol. The molecular formula is C18H28KN2OS2-. The van der Waals surface area contributed by atoms with Gasteiger partial charge in [-0.2, -0.15) is 6.42 Å². The quantitative estimate of drug-likeness (QED) is 0.209. The van der Waals surface area contributed by atoms with E-state index in [1.165, 1.54) is 38.5 Å². The molecule has 0 spiro atoms. The Labute approximate surface area is 201 Å². The van der Waals surface area contributed by atoms with Crippen LogP contribution in [-0.2, 0) is 17.4 Å². The molecule has 0 bridgehead atoms. The summed E-state index contributed by atoms with van der Waals surface area (Å²) in [6.07, 6.45) is 11.5. The summed E-state index contributed by atoms with van der Waals surface area (Å²) >= 11 is 9.65. The van der Waals surface area contributed by atoms with Crippen molar-refractivity contribution in [3.63, 3.8) is 0 Å². The smallest absolute Gasteiger partial charge is 0.772 e. The number of hydrogen-bond donors (Lipinski definition) is 2. The molecule has 0 heterocycles. The number of unbranched alkanes of at least 4 members (excludes halogenated alkanes) is 7. The van der Waals surface area contributed by atoms with Crippen molar-refractivity contribution in [2.24, 2.45) is 0 Å². The number of carbonyl (C=O) groups excluding carboxylic acids is 1. The molecule has 0 aromatic heterocycles. The van der Waals surface area contributed by atoms with Crippen LogP contribution in [0.2, 0.25) is 0 Å². The number of thiocarbonyl (C=S) groups is 1. The molecule has 0 saturated carbocycles. The molecule has 3 nitrogen and oxygen atoms in total. The van der Waals surface area contributed by atoms with E-state index in [0.29, 0.717) is 17.4 Å². The number of para-hydroxylation sites is 1. The van der Waals surface area contributed by atoms with E-state index in [-0.39, 0.29) is 51.4 Å². The van der Waals surface area contributed by atoms with Crippen LogP contribution in [-0.4, -0.2) is 17.3 Å². The van der Waals surface area contributed by atoms with E-state index in [2.05, 4.69) is 17.6 Å². The maximum atomic E-state index is 9.82. The second kappa shape index (κ2) is 21.6. The number of anilines is 1. The molecule has 0 amide bonds. The summed E-state index contributed by atoms with van der Waals surface area (Å²) in [7, 11) is 0. The Balaban J connectivity index is 0. The van der Waals surface area contributed by atoms with E-state index in [1.54, 1.807) is 0 Å². The van der Waals surface area contributed by atoms with Crippen molar-refractivity contribution < 1.29 is 56.2 Å². The van der Waals surface area contributed by atoms with Gasteiger partial charge < -0.3 is 28.1 Å². The molecule has 6 heteroatoms. The van der Waals surface area contributed by atoms with Crippen molar-refractivity contribution in [2.75, 3.05) is 11.2 Å². The molecule has 2 N–H and O–H groups in total. The first-order valence-electron chi connectivity index (χ1n) is 8.27. The summed E-state index contributed by atoms with van der Waals surface area (Å²) in [5.41, 5.74) is 0.971. The predicted molar refractivity (Wildman–Crippen MR) is 106 cm³/mol. The van der Waals surface area contributed by atoms with Crippen molar-refractivity contribution in [3.05, 3.63) is 30.3 Å². The molecule has 0 fully saturated rings. The van der Waals surface area contributed by atoms with Gasteiger partial charge in [-0.05, 0) is 24.4 Å². The van der Waals surface area contributed by atoms with Gasteiger partial charge in [0.1, 0.15) is 0 Å². The summed E-state index contributed by atoms with van der Waals surface area (Å²) in [4.78, 5) is 9.82. The first kappa shape index (κ1) is 26.8. The average Bonchev–Trinajstić information content (AvgIpc) is 2.56. The minimum absolute atomic E-state index is 0. The second-order valence-electron chi connectivity index (χ2n) is 5.16. The van der Waals surface area contributed by atoms with Crippen molar-refractivity contribution in [1.82, 2.24) is 5.32 Å². The van der Waals surface area contributed by atoms with Gasteiger partial charge in [0.15, 0.2) is 5.11 Å². The maximum absolute atomic E-state index is 9.82. The van der Waals surface area contributed by atoms with Crippen molar-refractivity contribution >= 4 is 41.9 Å². The van der Waals surface area contributed by atoms with Crippen LogP contribution in [0.15, 0.2) is 30.3 Å². The molecule has 1 aromatic carbocycles. The van der Waals surface area contributed by atoms with Gasteiger partial charge in [0.05, 0.1) is 0 Å². The molecule has 1 aromatic rings. The first-order chi connectivity index (χ1) is 11.2. The normalized spacial score (nSPS) is 9.08. The Hall–Kier alpha value is 0.566. The minimum Gasteiger partial charge on any atom is -0.772 e. The molecule has 0 atom stereocenters. The summed E-state index contributed by atoms with van der Waals surface area (Å²) in [6.45, 7) is 2.22. The van der Waals surface area contributed by atoms with E-state index in [9.17, 15) is 4.79 Å². The number of hydrogen-bond acceptors (Lipinski definition) is 3. The topological polar surface area (TPSA) is 41.1 Å². The van der Waals surface area contributed by atoms with Gasteiger partial charge in [0, 0.05) is 5.69 Å². The molecule has 1 rings (SSSR count). The largest absolute Gasteiger partial charge is 1.00 e. The molecule has 0 aliphatic carbocycles. The number of benzene rings is 1. The molecule has 0 aliphatic rings. The molecule has 24 heavy (non-hydrogen) atoms. The Morgan fingerprint density at radius 1 is 1.08 bits per heavy atom. The van der Waals surface area contributed by atoms with E-state index >= 15 is 0 Å². The fourth-order valence-corrected chi connectivity index (χ4v) is 2.34. The Morgan fingerprint density at radius 2 is 1.67 bits per heavy atom. The molecule has 0 saturated heterocycles. The van der Waals surface area contributed by atoms with Crippen molar-refractivity contribution in [2.45, 2.75) is 58.3 Å². The third kappa shape index (κ3) is 18.9. The third-order valence-corrected chi connectivity index (χ3v) is 3.54. The summed E-state index contributed by atoms with van der Waals surface area (Å²) < 4.78 is 0. The Morgan fingerprint density at radius 3 is 2.21 bits per heavy atom. The SMILES string of the molecule is CCCCCCCCC[C-]=O.S=C(NC[S-])Nc1ccccc1.[K+]. The van der Waals surface area contributed by atoms with Crippen LogP contribution >= 0.6 is 12.2 Å². The van der Waals surface area contributed by atoms with Crippen molar-refractivity contribution in [3.8, 4) is 0 Å². The molecule has 130 valence electrons. The number of nitrogens with one attached hydrogen (secondary N) is 2. The fourth-order valence-electron chi connectivity index (χ4n) is 1.92. The maximum Gasteiger partial charge on any atom is 1.00 e. The zero-order valence-electron chi connectivity index (χ0n) is 15.0. The summed E-state index contributed by atoms with van der Waals surface area (Å²) in [5, 5.41) is 6.39. The van der Waals surface area contributed by atoms with Gasteiger partial charge in [-0.25, -0.2) is 0 Å². The van der Waals surface area contributed by atoms with Gasteiger partial charge in [-0.15, -0.1) is 5.88 Å². The predicted octanol–water partition coefficient (Wildman–Crippen LogP) is 1.72. The van der Waals surface area contributed by atoms with Crippen LogP contribution in [0.3, 0.4) is 0 Å². The van der Waals surface area contributed by atoms with Gasteiger partial charge in [0.25, 0.3) is 0 Å². The standard InChI is InChI=1S/C10H19O.C8H10N2S2.K/c1-2-3-4-5-6-7-8-9-10-11;11-6-9-8(12)10-7-4-2-1-3-5-7;/h2-9H2,1H3;1-5,11H,6H2,(H2,9,10,12);/q-1;;+1/p-1. The Kier molecular flexibility index (Phi) is 24.1. The van der Waals surface area contributed by atoms with Gasteiger partial charge in [-0.1, -0.05) is 70.1 Å². The zero-order valence-corrected chi connectivity index (χ0v) is 19.7. The third-order valence-electron chi connectivity index (χ3n) is 3.15. The summed E-state index contributed by atoms with van der Waals surface area (Å²) in [6, 6.07) is 9.72. The van der Waals surface area contributed by atoms with E-state index in [1.807, 2.05) is 36.6 Å². The van der Waals surface area contributed by atoms with Crippen LogP contribution < -0.4 is 62.0 Å². The summed E-state index contributed by atoms with van der Waals surface area (Å²) in [5.74, 6) is 0.429. The first-order valence-corrected chi connectivity index (χ1v) is 9.26. The van der Waals surface area contributed by atoms with Gasteiger partial charge in [-0.3, -0.25) is 6.29 Å². The zero-order chi connectivity index (χ0) is 17.2. The average molecular weight is 392 g/mol. The Bertz CT molecular complexity index is 405. The second-order valence-corrected chi connectivity index (χ2v) is 5.85. The number of rotatable bonds is 10. The molecular weight excluding hydrogens is 363 g/mol. The van der Waals surface area contributed by atoms with E-state index < -0.39 is 0 Å². The fraction of sp³-hybridized carbons (Fsp3) is 0.556. The van der Waals surface area contributed by atoms with Crippen LogP contribution in [0, 0.1) is 0 Å². The van der Waals surface area contributed by atoms with Crippen LogP contribution in [0.25, 0.3) is 0 Å². The molecule has 0 radical (unpaired) electrons. The van der Waals surface area contributed by atoms with Gasteiger partial charge >= 0.3 is 51.4 Å². The van der Waals surface area contributed by atoms with Crippen LogP contribution in [0.1, 0.15) is 58.3 Å². The van der Waals surface area contributed by atoms with E-state index in [0.717, 1.165) is 12.1 Å². The van der Waals surface area contributed by atoms with Crippen molar-refractivity contribution in [1.29, 1.82) is 0 Å². The molecule has 0 unspecified atom stereocenters. The van der Waals surface area contributed by atoms with Crippen LogP contribution in [0.5, 0.6) is 0 Å². The minimum atomic E-state index is 0. The van der Waals surface area contributed by atoms with Gasteiger partial charge in [0.2, 0.25) is 0 Å². The molecule has 0 aliphatic heterocycles. The van der Waals surface area contributed by atoms with Crippen LogP contribution in [0.4, 0.5) is 5.69 Å².